The number of aryl methyl sites for hydroxylation is 2. The minimum Gasteiger partial charge on any atom is -0.452 e. The largest absolute Gasteiger partial charge is 0.452 e. The topological polar surface area (TPSA) is 68.3 Å². The second kappa shape index (κ2) is 8.96. The predicted octanol–water partition coefficient (Wildman–Crippen LogP) is 4.68. The van der Waals surface area contributed by atoms with Crippen LogP contribution in [0.4, 0.5) is 10.1 Å². The molecular weight excluding hydrogens is 391 g/mol. The highest BCUT2D eigenvalue weighted by Crippen LogP contribution is 2.24. The van der Waals surface area contributed by atoms with Gasteiger partial charge in [0.25, 0.3) is 5.91 Å². The zero-order chi connectivity index (χ0) is 21.0. The van der Waals surface area contributed by atoms with Crippen LogP contribution in [0.15, 0.2) is 47.8 Å². The van der Waals surface area contributed by atoms with Crippen molar-refractivity contribution in [1.29, 1.82) is 0 Å². The maximum atomic E-state index is 13.0. The van der Waals surface area contributed by atoms with Crippen molar-refractivity contribution < 1.29 is 18.7 Å². The Balaban J connectivity index is 1.56. The number of carbonyl (C=O) groups is 2. The number of carbonyl (C=O) groups excluding carboxylic acids is 2. The van der Waals surface area contributed by atoms with Gasteiger partial charge in [0.2, 0.25) is 0 Å². The van der Waals surface area contributed by atoms with Crippen LogP contribution in [-0.2, 0) is 20.7 Å². The molecule has 150 valence electrons. The summed E-state index contributed by atoms with van der Waals surface area (Å²) in [6.45, 7) is 5.36. The first-order valence-electron chi connectivity index (χ1n) is 9.10. The van der Waals surface area contributed by atoms with Crippen molar-refractivity contribution in [3.63, 3.8) is 0 Å². The van der Waals surface area contributed by atoms with Gasteiger partial charge >= 0.3 is 5.97 Å². The van der Waals surface area contributed by atoms with Gasteiger partial charge in [-0.25, -0.2) is 9.37 Å². The van der Waals surface area contributed by atoms with Gasteiger partial charge in [-0.15, -0.1) is 11.3 Å². The Morgan fingerprint density at radius 3 is 2.62 bits per heavy atom. The van der Waals surface area contributed by atoms with E-state index in [1.807, 2.05) is 32.0 Å². The number of benzene rings is 2. The maximum absolute atomic E-state index is 13.0. The number of hydrogen-bond donors (Lipinski definition) is 1. The van der Waals surface area contributed by atoms with Crippen molar-refractivity contribution in [2.45, 2.75) is 33.3 Å². The average molecular weight is 412 g/mol. The van der Waals surface area contributed by atoms with Gasteiger partial charge in [0.15, 0.2) is 6.10 Å². The van der Waals surface area contributed by atoms with Gasteiger partial charge in [-0.2, -0.15) is 0 Å². The SMILES string of the molecule is Cc1ccc(C)c(NC(=O)[C@@H](C)OC(=O)Cc2csc(-c3ccc(F)cc3)n2)c1. The van der Waals surface area contributed by atoms with Crippen molar-refractivity contribution in [3.05, 3.63) is 70.5 Å². The quantitative estimate of drug-likeness (QED) is 0.597. The molecule has 1 N–H and O–H groups in total. The molecule has 1 heterocycles. The third kappa shape index (κ3) is 5.48. The number of hydrogen-bond acceptors (Lipinski definition) is 5. The number of aromatic nitrogens is 1. The molecule has 0 saturated carbocycles. The van der Waals surface area contributed by atoms with Crippen LogP contribution in [0.25, 0.3) is 10.6 Å². The fraction of sp³-hybridized carbons (Fsp3) is 0.227. The van der Waals surface area contributed by atoms with E-state index in [9.17, 15) is 14.0 Å². The molecule has 0 aliphatic carbocycles. The fourth-order valence-corrected chi connectivity index (χ4v) is 3.48. The molecule has 0 aliphatic heterocycles. The first-order valence-corrected chi connectivity index (χ1v) is 9.97. The normalized spacial score (nSPS) is 11.7. The van der Waals surface area contributed by atoms with Crippen molar-refractivity contribution in [1.82, 2.24) is 4.98 Å². The van der Waals surface area contributed by atoms with Crippen molar-refractivity contribution in [3.8, 4) is 10.6 Å². The number of nitrogens with zero attached hydrogens (tertiary/aromatic N) is 1. The summed E-state index contributed by atoms with van der Waals surface area (Å²) in [6.07, 6.45) is -0.976. The Morgan fingerprint density at radius 1 is 1.17 bits per heavy atom. The number of anilines is 1. The maximum Gasteiger partial charge on any atom is 0.312 e. The van der Waals surface area contributed by atoms with Crippen LogP contribution in [0.1, 0.15) is 23.7 Å². The number of rotatable bonds is 6. The molecule has 1 atom stereocenters. The van der Waals surface area contributed by atoms with Crippen LogP contribution in [0.3, 0.4) is 0 Å². The lowest BCUT2D eigenvalue weighted by molar-refractivity contribution is -0.152. The highest BCUT2D eigenvalue weighted by Gasteiger charge is 2.19. The molecule has 29 heavy (non-hydrogen) atoms. The molecule has 5 nitrogen and oxygen atoms in total. The van der Waals surface area contributed by atoms with Crippen molar-refractivity contribution in [2.24, 2.45) is 0 Å². The van der Waals surface area contributed by atoms with E-state index in [0.29, 0.717) is 16.4 Å². The van der Waals surface area contributed by atoms with E-state index >= 15 is 0 Å². The lowest BCUT2D eigenvalue weighted by Gasteiger charge is -2.15. The second-order valence-electron chi connectivity index (χ2n) is 6.77. The zero-order valence-corrected chi connectivity index (χ0v) is 17.2. The molecular formula is C22H21FN2O3S. The molecule has 0 bridgehead atoms. The van der Waals surface area contributed by atoms with Crippen LogP contribution in [0.5, 0.6) is 0 Å². The number of amides is 1. The number of thiazole rings is 1. The molecule has 0 aliphatic rings. The fourth-order valence-electron chi connectivity index (χ4n) is 2.66. The van der Waals surface area contributed by atoms with E-state index in [1.165, 1.54) is 30.4 Å². The van der Waals surface area contributed by atoms with Crippen LogP contribution in [-0.4, -0.2) is 23.0 Å². The molecule has 0 radical (unpaired) electrons. The number of halogens is 1. The third-order valence-corrected chi connectivity index (χ3v) is 5.24. The van der Waals surface area contributed by atoms with E-state index in [4.69, 9.17) is 4.74 Å². The van der Waals surface area contributed by atoms with Crippen molar-refractivity contribution in [2.75, 3.05) is 5.32 Å². The lowest BCUT2D eigenvalue weighted by atomic mass is 10.1. The van der Waals surface area contributed by atoms with Gasteiger partial charge in [0.05, 0.1) is 12.1 Å². The highest BCUT2D eigenvalue weighted by molar-refractivity contribution is 7.13. The Labute approximate surface area is 172 Å². The number of nitrogens with one attached hydrogen (secondary N) is 1. The van der Waals surface area contributed by atoms with E-state index in [1.54, 1.807) is 17.5 Å². The first kappa shape index (κ1) is 20.7. The smallest absolute Gasteiger partial charge is 0.312 e. The highest BCUT2D eigenvalue weighted by atomic mass is 32.1. The molecule has 2 aromatic carbocycles. The van der Waals surface area contributed by atoms with Gasteiger partial charge in [0.1, 0.15) is 10.8 Å². The summed E-state index contributed by atoms with van der Waals surface area (Å²) < 4.78 is 18.3. The van der Waals surface area contributed by atoms with E-state index in [-0.39, 0.29) is 12.2 Å². The van der Waals surface area contributed by atoms with Crippen LogP contribution >= 0.6 is 11.3 Å². The van der Waals surface area contributed by atoms with Crippen molar-refractivity contribution >= 4 is 28.9 Å². The molecule has 0 spiro atoms. The molecule has 1 amide bonds. The van der Waals surface area contributed by atoms with Crippen LogP contribution < -0.4 is 5.32 Å². The van der Waals surface area contributed by atoms with E-state index in [0.717, 1.165) is 16.7 Å². The summed E-state index contributed by atoms with van der Waals surface area (Å²) in [7, 11) is 0. The zero-order valence-electron chi connectivity index (χ0n) is 16.4. The Morgan fingerprint density at radius 2 is 1.90 bits per heavy atom. The van der Waals surface area contributed by atoms with Gasteiger partial charge in [0, 0.05) is 16.6 Å². The number of ether oxygens (including phenoxy) is 1. The summed E-state index contributed by atoms with van der Waals surface area (Å²) >= 11 is 1.36. The van der Waals surface area contributed by atoms with E-state index < -0.39 is 18.0 Å². The molecule has 7 heteroatoms. The van der Waals surface area contributed by atoms with Gasteiger partial charge in [-0.3, -0.25) is 9.59 Å². The summed E-state index contributed by atoms with van der Waals surface area (Å²) in [5.41, 5.74) is 3.97. The van der Waals surface area contributed by atoms with Crippen LogP contribution in [0, 0.1) is 19.7 Å². The molecule has 3 rings (SSSR count). The minimum atomic E-state index is -0.933. The summed E-state index contributed by atoms with van der Waals surface area (Å²) in [5.74, 6) is -1.25. The van der Waals surface area contributed by atoms with Gasteiger partial charge in [-0.05, 0) is 62.2 Å². The minimum absolute atomic E-state index is 0.0429. The first-order chi connectivity index (χ1) is 13.8. The van der Waals surface area contributed by atoms with Gasteiger partial charge < -0.3 is 10.1 Å². The Kier molecular flexibility index (Phi) is 6.39. The molecule has 3 aromatic rings. The summed E-state index contributed by atoms with van der Waals surface area (Å²) in [5, 5.41) is 5.23. The second-order valence-corrected chi connectivity index (χ2v) is 7.63. The third-order valence-electron chi connectivity index (χ3n) is 4.30. The Bertz CT molecular complexity index is 1030. The van der Waals surface area contributed by atoms with Gasteiger partial charge in [-0.1, -0.05) is 12.1 Å². The van der Waals surface area contributed by atoms with E-state index in [2.05, 4.69) is 10.3 Å². The monoisotopic (exact) mass is 412 g/mol. The molecule has 0 saturated heterocycles. The lowest BCUT2D eigenvalue weighted by Crippen LogP contribution is -2.30. The summed E-state index contributed by atoms with van der Waals surface area (Å²) in [4.78, 5) is 28.9. The standard InChI is InChI=1S/C22H21FN2O3S/c1-13-4-5-14(2)19(10-13)25-21(27)15(3)28-20(26)11-18-12-29-22(24-18)16-6-8-17(23)9-7-16/h4-10,12,15H,11H2,1-3H3,(H,25,27)/t15-/m1/s1. The summed E-state index contributed by atoms with van der Waals surface area (Å²) in [6, 6.07) is 11.7. The molecule has 0 fully saturated rings. The molecule has 0 unspecified atom stereocenters. The average Bonchev–Trinajstić information content (AvgIpc) is 3.13. The van der Waals surface area contributed by atoms with Crippen LogP contribution in [0.2, 0.25) is 0 Å². The Hall–Kier alpha value is -3.06. The molecule has 1 aromatic heterocycles. The predicted molar refractivity (Wildman–Crippen MR) is 111 cm³/mol. The number of esters is 1.